The molecule has 2 unspecified atom stereocenters. The smallest absolute Gasteiger partial charge is 0.404 e. The first-order valence-corrected chi connectivity index (χ1v) is 7.00. The predicted molar refractivity (Wildman–Crippen MR) is 79.5 cm³/mol. The van der Waals surface area contributed by atoms with Crippen LogP contribution in [0.2, 0.25) is 0 Å². The number of hydrogen-bond donors (Lipinski definition) is 3. The van der Waals surface area contributed by atoms with Crippen molar-refractivity contribution in [1.82, 2.24) is 5.32 Å². The van der Waals surface area contributed by atoms with Crippen LogP contribution in [0, 0.1) is 0 Å². The highest BCUT2D eigenvalue weighted by Gasteiger charge is 2.25. The summed E-state index contributed by atoms with van der Waals surface area (Å²) in [6, 6.07) is 4.65. The first kappa shape index (κ1) is 15.2. The van der Waals surface area contributed by atoms with Gasteiger partial charge in [0.25, 0.3) is 0 Å². The lowest BCUT2D eigenvalue weighted by Crippen LogP contribution is -2.43. The number of benzene rings is 1. The molecule has 114 valence electrons. The molecule has 1 amide bonds. The summed E-state index contributed by atoms with van der Waals surface area (Å²) in [7, 11) is 1.56. The Hall–Kier alpha value is -2.24. The third-order valence-corrected chi connectivity index (χ3v) is 3.68. The van der Waals surface area contributed by atoms with Gasteiger partial charge in [-0.3, -0.25) is 4.99 Å². The van der Waals surface area contributed by atoms with Crippen molar-refractivity contribution in [2.45, 2.75) is 37.8 Å². The Morgan fingerprint density at radius 2 is 2.19 bits per heavy atom. The number of rotatable bonds is 4. The lowest BCUT2D eigenvalue weighted by Gasteiger charge is -2.28. The lowest BCUT2D eigenvalue weighted by molar-refractivity contribution is 0.183. The maximum absolute atomic E-state index is 10.8. The summed E-state index contributed by atoms with van der Waals surface area (Å²) in [6.07, 6.45) is 4.23. The molecule has 1 aliphatic carbocycles. The van der Waals surface area contributed by atoms with Crippen molar-refractivity contribution < 1.29 is 19.7 Å². The summed E-state index contributed by atoms with van der Waals surface area (Å²) in [6.45, 7) is 0. The van der Waals surface area contributed by atoms with E-state index in [2.05, 4.69) is 10.3 Å². The number of nitrogens with zero attached hydrogens (tertiary/aromatic N) is 1. The second kappa shape index (κ2) is 6.97. The van der Waals surface area contributed by atoms with Crippen LogP contribution in [0.1, 0.15) is 31.2 Å². The maximum Gasteiger partial charge on any atom is 0.404 e. The van der Waals surface area contributed by atoms with Crippen LogP contribution in [0.5, 0.6) is 11.5 Å². The molecule has 3 N–H and O–H groups in total. The van der Waals surface area contributed by atoms with Crippen molar-refractivity contribution in [3.05, 3.63) is 23.8 Å². The van der Waals surface area contributed by atoms with Crippen LogP contribution in [-0.4, -0.2) is 41.7 Å². The molecule has 1 aromatic carbocycles. The standard InChI is InChI=1S/C15H20N2O4/c1-21-11-6-7-14(18)10(8-11)9-16-12-4-2-3-5-13(12)17-15(19)20/h6-9,12-13,17-18H,2-5H2,1H3,(H,19,20). The summed E-state index contributed by atoms with van der Waals surface area (Å²) in [5.74, 6) is 0.760. The number of phenols is 1. The molecular weight excluding hydrogens is 272 g/mol. The summed E-state index contributed by atoms with van der Waals surface area (Å²) in [4.78, 5) is 15.3. The second-order valence-electron chi connectivity index (χ2n) is 5.11. The largest absolute Gasteiger partial charge is 0.507 e. The molecule has 0 bridgehead atoms. The summed E-state index contributed by atoms with van der Waals surface area (Å²) >= 11 is 0. The van der Waals surface area contributed by atoms with E-state index >= 15 is 0 Å². The molecule has 1 fully saturated rings. The van der Waals surface area contributed by atoms with Crippen molar-refractivity contribution in [3.63, 3.8) is 0 Å². The Bertz CT molecular complexity index is 530. The molecule has 0 aliphatic heterocycles. The highest BCUT2D eigenvalue weighted by atomic mass is 16.5. The van der Waals surface area contributed by atoms with Crippen LogP contribution in [0.15, 0.2) is 23.2 Å². The minimum Gasteiger partial charge on any atom is -0.507 e. The number of nitrogens with one attached hydrogen (secondary N) is 1. The van der Waals surface area contributed by atoms with Crippen LogP contribution in [0.25, 0.3) is 0 Å². The van der Waals surface area contributed by atoms with Gasteiger partial charge in [0.05, 0.1) is 19.2 Å². The van der Waals surface area contributed by atoms with Crippen molar-refractivity contribution in [3.8, 4) is 11.5 Å². The van der Waals surface area contributed by atoms with Crippen molar-refractivity contribution >= 4 is 12.3 Å². The fraction of sp³-hybridized carbons (Fsp3) is 0.467. The van der Waals surface area contributed by atoms with Crippen LogP contribution in [0.3, 0.4) is 0 Å². The van der Waals surface area contributed by atoms with Gasteiger partial charge in [-0.2, -0.15) is 0 Å². The highest BCUT2D eigenvalue weighted by molar-refractivity contribution is 5.84. The van der Waals surface area contributed by atoms with Gasteiger partial charge in [0.15, 0.2) is 0 Å². The predicted octanol–water partition coefficient (Wildman–Crippen LogP) is 2.40. The van der Waals surface area contributed by atoms with Gasteiger partial charge in [-0.15, -0.1) is 0 Å². The number of aromatic hydroxyl groups is 1. The quantitative estimate of drug-likeness (QED) is 0.743. The molecule has 0 saturated heterocycles. The molecule has 1 saturated carbocycles. The normalized spacial score (nSPS) is 22.1. The number of carboxylic acid groups (broad SMARTS) is 1. The first-order chi connectivity index (χ1) is 10.1. The Labute approximate surface area is 123 Å². The Kier molecular flexibility index (Phi) is 5.03. The molecule has 2 atom stereocenters. The van der Waals surface area contributed by atoms with Gasteiger partial charge in [0.1, 0.15) is 11.5 Å². The van der Waals surface area contributed by atoms with E-state index in [4.69, 9.17) is 9.84 Å². The number of carbonyl (C=O) groups is 1. The summed E-state index contributed by atoms with van der Waals surface area (Å²) < 4.78 is 5.11. The topological polar surface area (TPSA) is 91.2 Å². The van der Waals surface area contributed by atoms with Crippen molar-refractivity contribution in [2.24, 2.45) is 4.99 Å². The molecule has 21 heavy (non-hydrogen) atoms. The van der Waals surface area contributed by atoms with Crippen LogP contribution in [0.4, 0.5) is 4.79 Å². The number of amides is 1. The zero-order chi connectivity index (χ0) is 15.2. The monoisotopic (exact) mass is 292 g/mol. The van der Waals surface area contributed by atoms with E-state index in [0.29, 0.717) is 11.3 Å². The van der Waals surface area contributed by atoms with Gasteiger partial charge in [0, 0.05) is 11.8 Å². The molecular formula is C15H20N2O4. The number of aliphatic imine (C=N–C) groups is 1. The third kappa shape index (κ3) is 4.11. The molecule has 2 rings (SSSR count). The van der Waals surface area contributed by atoms with E-state index in [0.717, 1.165) is 25.7 Å². The Morgan fingerprint density at radius 1 is 1.43 bits per heavy atom. The minimum atomic E-state index is -1.02. The highest BCUT2D eigenvalue weighted by Crippen LogP contribution is 2.24. The number of methoxy groups -OCH3 is 1. The van der Waals surface area contributed by atoms with E-state index in [1.165, 1.54) is 0 Å². The molecule has 1 aromatic rings. The average molecular weight is 292 g/mol. The van der Waals surface area contributed by atoms with Gasteiger partial charge in [0.2, 0.25) is 0 Å². The lowest BCUT2D eigenvalue weighted by atomic mass is 9.91. The zero-order valence-corrected chi connectivity index (χ0v) is 12.0. The fourth-order valence-corrected chi connectivity index (χ4v) is 2.56. The molecule has 6 heteroatoms. The molecule has 6 nitrogen and oxygen atoms in total. The Balaban J connectivity index is 2.12. The summed E-state index contributed by atoms with van der Waals surface area (Å²) in [5, 5.41) is 21.2. The number of hydrogen-bond acceptors (Lipinski definition) is 4. The van der Waals surface area contributed by atoms with Crippen LogP contribution >= 0.6 is 0 Å². The van der Waals surface area contributed by atoms with Gasteiger partial charge in [-0.05, 0) is 31.0 Å². The van der Waals surface area contributed by atoms with E-state index in [9.17, 15) is 9.90 Å². The van der Waals surface area contributed by atoms with E-state index in [1.54, 1.807) is 31.5 Å². The average Bonchev–Trinajstić information content (AvgIpc) is 2.47. The zero-order valence-electron chi connectivity index (χ0n) is 12.0. The SMILES string of the molecule is COc1ccc(O)c(C=NC2CCCCC2NC(=O)O)c1. The van der Waals surface area contributed by atoms with Gasteiger partial charge in [-0.25, -0.2) is 4.79 Å². The molecule has 0 heterocycles. The van der Waals surface area contributed by atoms with Crippen LogP contribution in [-0.2, 0) is 0 Å². The number of ether oxygens (including phenoxy) is 1. The Morgan fingerprint density at radius 3 is 2.90 bits per heavy atom. The van der Waals surface area contributed by atoms with Gasteiger partial charge < -0.3 is 20.3 Å². The minimum absolute atomic E-state index is 0.0968. The van der Waals surface area contributed by atoms with Crippen LogP contribution < -0.4 is 10.1 Å². The summed E-state index contributed by atoms with van der Waals surface area (Å²) in [5.41, 5.74) is 0.564. The molecule has 1 aliphatic rings. The maximum atomic E-state index is 10.8. The fourth-order valence-electron chi connectivity index (χ4n) is 2.56. The van der Waals surface area contributed by atoms with Gasteiger partial charge in [-0.1, -0.05) is 12.8 Å². The molecule has 0 radical (unpaired) electrons. The third-order valence-electron chi connectivity index (χ3n) is 3.68. The second-order valence-corrected chi connectivity index (χ2v) is 5.11. The van der Waals surface area contributed by atoms with Gasteiger partial charge >= 0.3 is 6.09 Å². The van der Waals surface area contributed by atoms with E-state index < -0.39 is 6.09 Å². The first-order valence-electron chi connectivity index (χ1n) is 7.00. The number of phenolic OH excluding ortho intramolecular Hbond substituents is 1. The van der Waals surface area contributed by atoms with Crippen molar-refractivity contribution in [2.75, 3.05) is 7.11 Å². The van der Waals surface area contributed by atoms with E-state index in [-0.39, 0.29) is 17.8 Å². The molecule has 0 spiro atoms. The van der Waals surface area contributed by atoms with Crippen molar-refractivity contribution in [1.29, 1.82) is 0 Å². The molecule has 0 aromatic heterocycles. The van der Waals surface area contributed by atoms with E-state index in [1.807, 2.05) is 0 Å².